The molecule has 0 aromatic carbocycles. The molecular weight excluding hydrogens is 262 g/mol. The van der Waals surface area contributed by atoms with Gasteiger partial charge in [0.2, 0.25) is 0 Å². The molecule has 0 fully saturated rings. The van der Waals surface area contributed by atoms with Crippen LogP contribution in [0.15, 0.2) is 12.4 Å². The highest BCUT2D eigenvalue weighted by Crippen LogP contribution is 2.21. The molecule has 19 heavy (non-hydrogen) atoms. The molecule has 0 aliphatic heterocycles. The summed E-state index contributed by atoms with van der Waals surface area (Å²) in [5, 5.41) is 6.32. The molecule has 0 saturated heterocycles. The van der Waals surface area contributed by atoms with Gasteiger partial charge in [-0.25, -0.2) is 9.97 Å². The number of anilines is 2. The van der Waals surface area contributed by atoms with Crippen LogP contribution in [0.25, 0.3) is 0 Å². The van der Waals surface area contributed by atoms with Crippen LogP contribution in [0.2, 0.25) is 0 Å². The Kier molecular flexibility index (Phi) is 4.06. The first kappa shape index (κ1) is 13.4. The summed E-state index contributed by atoms with van der Waals surface area (Å²) in [5.41, 5.74) is 1.19. The number of aromatic nitrogens is 3. The standard InChI is InChI=1S/C12H15N5OS/c1-4-14-10-6-13-5-9(16-10)11(18)17-12-15-7(2)8(3)19-12/h5-6H,4H2,1-3H3,(H,14,16)(H,15,17,18). The third-order valence-corrected chi connectivity index (χ3v) is 3.46. The Hall–Kier alpha value is -2.02. The van der Waals surface area contributed by atoms with E-state index in [9.17, 15) is 4.79 Å². The number of nitrogens with one attached hydrogen (secondary N) is 2. The SMILES string of the molecule is CCNc1cncc(C(=O)Nc2nc(C)c(C)s2)n1. The predicted octanol–water partition coefficient (Wildman–Crippen LogP) is 2.23. The summed E-state index contributed by atoms with van der Waals surface area (Å²) in [5.74, 6) is 0.280. The average Bonchev–Trinajstić information content (AvgIpc) is 2.69. The van der Waals surface area contributed by atoms with Crippen LogP contribution in [0.1, 0.15) is 28.0 Å². The number of hydrogen-bond acceptors (Lipinski definition) is 6. The molecule has 2 rings (SSSR count). The molecule has 2 aromatic rings. The van der Waals surface area contributed by atoms with E-state index in [1.807, 2.05) is 20.8 Å². The summed E-state index contributed by atoms with van der Waals surface area (Å²) in [4.78, 5) is 25.5. The number of aryl methyl sites for hydroxylation is 2. The lowest BCUT2D eigenvalue weighted by Crippen LogP contribution is -2.15. The Bertz CT molecular complexity index is 576. The molecule has 0 bridgehead atoms. The van der Waals surface area contributed by atoms with Gasteiger partial charge in [-0.05, 0) is 20.8 Å². The zero-order valence-electron chi connectivity index (χ0n) is 11.0. The van der Waals surface area contributed by atoms with E-state index in [1.54, 1.807) is 6.20 Å². The van der Waals surface area contributed by atoms with Gasteiger partial charge in [-0.3, -0.25) is 15.1 Å². The Labute approximate surface area is 115 Å². The van der Waals surface area contributed by atoms with Crippen molar-refractivity contribution < 1.29 is 4.79 Å². The summed E-state index contributed by atoms with van der Waals surface area (Å²) < 4.78 is 0. The number of amides is 1. The predicted molar refractivity (Wildman–Crippen MR) is 75.7 cm³/mol. The molecule has 0 spiro atoms. The smallest absolute Gasteiger partial charge is 0.277 e. The van der Waals surface area contributed by atoms with E-state index < -0.39 is 0 Å². The first-order chi connectivity index (χ1) is 9.10. The Morgan fingerprint density at radius 1 is 1.32 bits per heavy atom. The second kappa shape index (κ2) is 5.75. The van der Waals surface area contributed by atoms with Gasteiger partial charge >= 0.3 is 0 Å². The monoisotopic (exact) mass is 277 g/mol. The number of thiazole rings is 1. The topological polar surface area (TPSA) is 79.8 Å². The van der Waals surface area contributed by atoms with Gasteiger partial charge in [0.15, 0.2) is 5.13 Å². The molecule has 2 N–H and O–H groups in total. The van der Waals surface area contributed by atoms with Crippen molar-refractivity contribution in [2.45, 2.75) is 20.8 Å². The number of hydrogen-bond donors (Lipinski definition) is 2. The molecule has 7 heteroatoms. The van der Waals surface area contributed by atoms with Gasteiger partial charge in [-0.15, -0.1) is 11.3 Å². The fraction of sp³-hybridized carbons (Fsp3) is 0.333. The molecule has 6 nitrogen and oxygen atoms in total. The van der Waals surface area contributed by atoms with Crippen molar-refractivity contribution in [1.82, 2.24) is 15.0 Å². The highest BCUT2D eigenvalue weighted by Gasteiger charge is 2.12. The van der Waals surface area contributed by atoms with Crippen molar-refractivity contribution in [3.05, 3.63) is 28.7 Å². The normalized spacial score (nSPS) is 10.3. The molecule has 0 saturated carbocycles. The summed E-state index contributed by atoms with van der Waals surface area (Å²) in [7, 11) is 0. The van der Waals surface area contributed by atoms with Gasteiger partial charge < -0.3 is 5.32 Å². The van der Waals surface area contributed by atoms with Crippen molar-refractivity contribution in [2.24, 2.45) is 0 Å². The lowest BCUT2D eigenvalue weighted by atomic mass is 10.4. The zero-order valence-corrected chi connectivity index (χ0v) is 11.8. The summed E-state index contributed by atoms with van der Waals surface area (Å²) in [6.07, 6.45) is 3.02. The van der Waals surface area contributed by atoms with Crippen LogP contribution in [0.5, 0.6) is 0 Å². The number of nitrogens with zero attached hydrogens (tertiary/aromatic N) is 3. The van der Waals surface area contributed by atoms with Crippen molar-refractivity contribution >= 4 is 28.2 Å². The minimum Gasteiger partial charge on any atom is -0.369 e. The number of rotatable bonds is 4. The lowest BCUT2D eigenvalue weighted by molar-refractivity contribution is 0.102. The van der Waals surface area contributed by atoms with E-state index in [2.05, 4.69) is 25.6 Å². The Morgan fingerprint density at radius 2 is 2.11 bits per heavy atom. The fourth-order valence-corrected chi connectivity index (χ4v) is 2.24. The van der Waals surface area contributed by atoms with E-state index >= 15 is 0 Å². The maximum absolute atomic E-state index is 12.0. The molecule has 0 unspecified atom stereocenters. The van der Waals surface area contributed by atoms with E-state index in [-0.39, 0.29) is 11.6 Å². The van der Waals surface area contributed by atoms with Crippen molar-refractivity contribution in [3.63, 3.8) is 0 Å². The fourth-order valence-electron chi connectivity index (χ4n) is 1.43. The third kappa shape index (κ3) is 3.25. The molecule has 0 aliphatic rings. The van der Waals surface area contributed by atoms with Crippen LogP contribution in [0.3, 0.4) is 0 Å². The van der Waals surface area contributed by atoms with Crippen LogP contribution in [0, 0.1) is 13.8 Å². The van der Waals surface area contributed by atoms with Crippen LogP contribution >= 0.6 is 11.3 Å². The Balaban J connectivity index is 2.13. The first-order valence-electron chi connectivity index (χ1n) is 5.91. The molecule has 2 heterocycles. The maximum atomic E-state index is 12.0. The van der Waals surface area contributed by atoms with E-state index in [0.29, 0.717) is 10.9 Å². The van der Waals surface area contributed by atoms with E-state index in [1.165, 1.54) is 17.5 Å². The van der Waals surface area contributed by atoms with Crippen molar-refractivity contribution in [3.8, 4) is 0 Å². The maximum Gasteiger partial charge on any atom is 0.277 e. The van der Waals surface area contributed by atoms with E-state index in [4.69, 9.17) is 0 Å². The van der Waals surface area contributed by atoms with Crippen molar-refractivity contribution in [1.29, 1.82) is 0 Å². The number of carbonyl (C=O) groups is 1. The summed E-state index contributed by atoms with van der Waals surface area (Å²) in [6.45, 7) is 6.56. The van der Waals surface area contributed by atoms with Gasteiger partial charge in [0.25, 0.3) is 5.91 Å². The Morgan fingerprint density at radius 3 is 2.74 bits per heavy atom. The summed E-state index contributed by atoms with van der Waals surface area (Å²) in [6, 6.07) is 0. The molecule has 100 valence electrons. The molecule has 0 atom stereocenters. The molecule has 1 amide bonds. The second-order valence-corrected chi connectivity index (χ2v) is 5.14. The van der Waals surface area contributed by atoms with Gasteiger partial charge in [0.1, 0.15) is 11.5 Å². The third-order valence-electron chi connectivity index (χ3n) is 2.47. The largest absolute Gasteiger partial charge is 0.369 e. The van der Waals surface area contributed by atoms with Gasteiger partial charge in [-0.2, -0.15) is 0 Å². The van der Waals surface area contributed by atoms with Gasteiger partial charge in [-0.1, -0.05) is 0 Å². The van der Waals surface area contributed by atoms with Crippen LogP contribution in [0.4, 0.5) is 10.9 Å². The second-order valence-electron chi connectivity index (χ2n) is 3.93. The van der Waals surface area contributed by atoms with Gasteiger partial charge in [0.05, 0.1) is 18.1 Å². The quantitative estimate of drug-likeness (QED) is 0.896. The van der Waals surface area contributed by atoms with Crippen molar-refractivity contribution in [2.75, 3.05) is 17.2 Å². The van der Waals surface area contributed by atoms with Gasteiger partial charge in [0, 0.05) is 11.4 Å². The molecule has 2 aromatic heterocycles. The minimum atomic E-state index is -0.305. The minimum absolute atomic E-state index is 0.268. The summed E-state index contributed by atoms with van der Waals surface area (Å²) >= 11 is 1.44. The average molecular weight is 277 g/mol. The highest BCUT2D eigenvalue weighted by molar-refractivity contribution is 7.15. The zero-order chi connectivity index (χ0) is 13.8. The first-order valence-corrected chi connectivity index (χ1v) is 6.73. The van der Waals surface area contributed by atoms with E-state index in [0.717, 1.165) is 17.1 Å². The highest BCUT2D eigenvalue weighted by atomic mass is 32.1. The lowest BCUT2D eigenvalue weighted by Gasteiger charge is -2.04. The molecule has 0 aliphatic carbocycles. The number of carbonyl (C=O) groups excluding carboxylic acids is 1. The molecular formula is C12H15N5OS. The molecule has 0 radical (unpaired) electrons. The van der Waals surface area contributed by atoms with Crippen LogP contribution in [-0.2, 0) is 0 Å². The van der Waals surface area contributed by atoms with Crippen LogP contribution in [-0.4, -0.2) is 27.4 Å². The van der Waals surface area contributed by atoms with Crippen LogP contribution < -0.4 is 10.6 Å².